The second-order valence-corrected chi connectivity index (χ2v) is 4.56. The van der Waals surface area contributed by atoms with Gasteiger partial charge in [-0.2, -0.15) is 0 Å². The van der Waals surface area contributed by atoms with Crippen LogP contribution in [0.25, 0.3) is 0 Å². The molecule has 2 rings (SSSR count). The van der Waals surface area contributed by atoms with E-state index in [1.54, 1.807) is 7.11 Å². The van der Waals surface area contributed by atoms with Gasteiger partial charge in [0.1, 0.15) is 0 Å². The van der Waals surface area contributed by atoms with Crippen LogP contribution in [0.2, 0.25) is 0 Å². The van der Waals surface area contributed by atoms with Crippen LogP contribution in [0, 0.1) is 0 Å². The SMILES string of the molecule is COc1cccc(C=NO)c1OCCCc1ccccc1. The fourth-order valence-corrected chi connectivity index (χ4v) is 2.11. The molecular formula is C17H19NO3. The highest BCUT2D eigenvalue weighted by atomic mass is 16.5. The van der Waals surface area contributed by atoms with Crippen LogP contribution in [0.4, 0.5) is 0 Å². The first-order chi connectivity index (χ1) is 10.3. The molecule has 4 heteroatoms. The third kappa shape index (κ3) is 4.24. The minimum Gasteiger partial charge on any atom is -0.493 e. The van der Waals surface area contributed by atoms with Crippen molar-refractivity contribution in [2.45, 2.75) is 12.8 Å². The lowest BCUT2D eigenvalue weighted by atomic mass is 10.1. The van der Waals surface area contributed by atoms with E-state index in [4.69, 9.17) is 14.7 Å². The van der Waals surface area contributed by atoms with E-state index in [2.05, 4.69) is 17.3 Å². The molecule has 0 radical (unpaired) electrons. The maximum atomic E-state index is 8.70. The zero-order valence-corrected chi connectivity index (χ0v) is 12.0. The molecule has 0 spiro atoms. The smallest absolute Gasteiger partial charge is 0.170 e. The molecule has 1 N–H and O–H groups in total. The molecule has 0 amide bonds. The molecule has 0 saturated carbocycles. The molecule has 0 unspecified atom stereocenters. The summed E-state index contributed by atoms with van der Waals surface area (Å²) < 4.78 is 11.1. The number of para-hydroxylation sites is 1. The van der Waals surface area contributed by atoms with Crippen LogP contribution >= 0.6 is 0 Å². The summed E-state index contributed by atoms with van der Waals surface area (Å²) in [6, 6.07) is 15.7. The molecule has 2 aromatic carbocycles. The molecule has 0 saturated heterocycles. The standard InChI is InChI=1S/C17H19NO3/c1-20-16-11-5-10-15(13-18-19)17(16)21-12-6-9-14-7-3-2-4-8-14/h2-5,7-8,10-11,13,19H,6,9,12H2,1H3. The van der Waals surface area contributed by atoms with E-state index in [1.807, 2.05) is 36.4 Å². The predicted octanol–water partition coefficient (Wildman–Crippen LogP) is 3.51. The largest absolute Gasteiger partial charge is 0.493 e. The number of hydrogen-bond acceptors (Lipinski definition) is 4. The van der Waals surface area contributed by atoms with Crippen LogP contribution in [0.1, 0.15) is 17.5 Å². The number of nitrogens with zero attached hydrogens (tertiary/aromatic N) is 1. The number of oxime groups is 1. The normalized spacial score (nSPS) is 10.7. The number of benzene rings is 2. The summed E-state index contributed by atoms with van der Waals surface area (Å²) in [7, 11) is 1.59. The van der Waals surface area contributed by atoms with E-state index < -0.39 is 0 Å². The van der Waals surface area contributed by atoms with Gasteiger partial charge in [-0.3, -0.25) is 0 Å². The average molecular weight is 285 g/mol. The molecule has 0 aliphatic carbocycles. The van der Waals surface area contributed by atoms with Crippen molar-refractivity contribution in [1.29, 1.82) is 0 Å². The summed E-state index contributed by atoms with van der Waals surface area (Å²) >= 11 is 0. The van der Waals surface area contributed by atoms with E-state index in [-0.39, 0.29) is 0 Å². The highest BCUT2D eigenvalue weighted by Gasteiger charge is 2.09. The molecule has 0 aliphatic heterocycles. The van der Waals surface area contributed by atoms with Crippen molar-refractivity contribution in [3.05, 3.63) is 59.7 Å². The average Bonchev–Trinajstić information content (AvgIpc) is 2.53. The second-order valence-electron chi connectivity index (χ2n) is 4.56. The van der Waals surface area contributed by atoms with Gasteiger partial charge in [0.15, 0.2) is 11.5 Å². The zero-order chi connectivity index (χ0) is 14.9. The van der Waals surface area contributed by atoms with E-state index >= 15 is 0 Å². The molecule has 0 aromatic heterocycles. The maximum absolute atomic E-state index is 8.70. The Morgan fingerprint density at radius 1 is 1.10 bits per heavy atom. The number of methoxy groups -OCH3 is 1. The first kappa shape index (κ1) is 14.9. The Bertz CT molecular complexity index is 582. The first-order valence-corrected chi connectivity index (χ1v) is 6.86. The van der Waals surface area contributed by atoms with E-state index in [9.17, 15) is 0 Å². The maximum Gasteiger partial charge on any atom is 0.170 e. The summed E-state index contributed by atoms with van der Waals surface area (Å²) in [6.45, 7) is 0.571. The van der Waals surface area contributed by atoms with Crippen molar-refractivity contribution >= 4 is 6.21 Å². The lowest BCUT2D eigenvalue weighted by Crippen LogP contribution is -2.03. The molecule has 2 aromatic rings. The molecular weight excluding hydrogens is 266 g/mol. The molecule has 110 valence electrons. The number of rotatable bonds is 7. The molecule has 0 bridgehead atoms. The monoisotopic (exact) mass is 285 g/mol. The highest BCUT2D eigenvalue weighted by molar-refractivity contribution is 5.84. The van der Waals surface area contributed by atoms with Crippen LogP contribution in [0.15, 0.2) is 53.7 Å². The molecule has 21 heavy (non-hydrogen) atoms. The van der Waals surface area contributed by atoms with Gasteiger partial charge in [-0.25, -0.2) is 0 Å². The molecule has 0 atom stereocenters. The Hall–Kier alpha value is -2.49. The van der Waals surface area contributed by atoms with Gasteiger partial charge in [-0.1, -0.05) is 41.6 Å². The summed E-state index contributed by atoms with van der Waals surface area (Å²) in [6.07, 6.45) is 3.20. The van der Waals surface area contributed by atoms with Crippen LogP contribution in [0.5, 0.6) is 11.5 Å². The van der Waals surface area contributed by atoms with Gasteiger partial charge in [0, 0.05) is 5.56 Å². The topological polar surface area (TPSA) is 51.0 Å². The Labute approximate surface area is 124 Å². The lowest BCUT2D eigenvalue weighted by molar-refractivity contribution is 0.288. The number of hydrogen-bond donors (Lipinski definition) is 1. The van der Waals surface area contributed by atoms with Crippen molar-refractivity contribution in [3.63, 3.8) is 0 Å². The van der Waals surface area contributed by atoms with Crippen LogP contribution in [-0.2, 0) is 6.42 Å². The minimum atomic E-state index is 0.571. The Balaban J connectivity index is 1.96. The third-order valence-corrected chi connectivity index (χ3v) is 3.13. The zero-order valence-electron chi connectivity index (χ0n) is 12.0. The van der Waals surface area contributed by atoms with Crippen LogP contribution in [0.3, 0.4) is 0 Å². The van der Waals surface area contributed by atoms with Gasteiger partial charge in [-0.05, 0) is 30.5 Å². The second kappa shape index (κ2) is 7.94. The third-order valence-electron chi connectivity index (χ3n) is 3.13. The lowest BCUT2D eigenvalue weighted by Gasteiger charge is -2.12. The minimum absolute atomic E-state index is 0.571. The van der Waals surface area contributed by atoms with E-state index in [0.717, 1.165) is 12.8 Å². The number of ether oxygens (including phenoxy) is 2. The van der Waals surface area contributed by atoms with Gasteiger partial charge < -0.3 is 14.7 Å². The molecule has 0 heterocycles. The van der Waals surface area contributed by atoms with Crippen LogP contribution < -0.4 is 9.47 Å². The van der Waals surface area contributed by atoms with Crippen molar-refractivity contribution in [3.8, 4) is 11.5 Å². The molecule has 0 fully saturated rings. The predicted molar refractivity (Wildman–Crippen MR) is 82.6 cm³/mol. The highest BCUT2D eigenvalue weighted by Crippen LogP contribution is 2.30. The van der Waals surface area contributed by atoms with Crippen molar-refractivity contribution in [1.82, 2.24) is 0 Å². The first-order valence-electron chi connectivity index (χ1n) is 6.86. The van der Waals surface area contributed by atoms with Crippen molar-refractivity contribution in [2.24, 2.45) is 5.16 Å². The van der Waals surface area contributed by atoms with Gasteiger partial charge in [0.2, 0.25) is 0 Å². The molecule has 0 aliphatic rings. The quantitative estimate of drug-likeness (QED) is 0.366. The van der Waals surface area contributed by atoms with E-state index in [1.165, 1.54) is 11.8 Å². The fourth-order valence-electron chi connectivity index (χ4n) is 2.11. The van der Waals surface area contributed by atoms with Gasteiger partial charge >= 0.3 is 0 Å². The van der Waals surface area contributed by atoms with E-state index in [0.29, 0.717) is 23.7 Å². The van der Waals surface area contributed by atoms with Crippen molar-refractivity contribution in [2.75, 3.05) is 13.7 Å². The fraction of sp³-hybridized carbons (Fsp3) is 0.235. The summed E-state index contributed by atoms with van der Waals surface area (Å²) in [5, 5.41) is 11.8. The summed E-state index contributed by atoms with van der Waals surface area (Å²) in [5.41, 5.74) is 1.98. The Morgan fingerprint density at radius 3 is 2.62 bits per heavy atom. The van der Waals surface area contributed by atoms with Gasteiger partial charge in [-0.15, -0.1) is 0 Å². The Morgan fingerprint density at radius 2 is 1.90 bits per heavy atom. The molecule has 4 nitrogen and oxygen atoms in total. The summed E-state index contributed by atoms with van der Waals surface area (Å²) in [4.78, 5) is 0. The van der Waals surface area contributed by atoms with Gasteiger partial charge in [0.25, 0.3) is 0 Å². The van der Waals surface area contributed by atoms with Crippen molar-refractivity contribution < 1.29 is 14.7 Å². The van der Waals surface area contributed by atoms with Gasteiger partial charge in [0.05, 0.1) is 19.9 Å². The number of aryl methyl sites for hydroxylation is 1. The Kier molecular flexibility index (Phi) is 5.64. The van der Waals surface area contributed by atoms with Crippen LogP contribution in [-0.4, -0.2) is 25.1 Å². The summed E-state index contributed by atoms with van der Waals surface area (Å²) in [5.74, 6) is 1.23.